The number of methoxy groups -OCH3 is 1. The van der Waals surface area contributed by atoms with Gasteiger partial charge in [-0.1, -0.05) is 25.6 Å². The molecule has 2 heterocycles. The molecule has 0 spiro atoms. The average Bonchev–Trinajstić information content (AvgIpc) is 2.35. The number of rotatable bonds is 1. The molecule has 19 heavy (non-hydrogen) atoms. The molecule has 0 bridgehead atoms. The van der Waals surface area contributed by atoms with E-state index in [1.165, 1.54) is 18.1 Å². The number of aliphatic imine (C=N–C) groups is 1. The third-order valence-electron chi connectivity index (χ3n) is 3.34. The Kier molecular flexibility index (Phi) is 2.85. The van der Waals surface area contributed by atoms with Crippen LogP contribution in [0.15, 0.2) is 16.3 Å². The number of Topliss-reactive ketones (excluding diaryl/α,β-unsaturated/α-hetero) is 1. The Bertz CT molecular complexity index is 583. The molecule has 100 valence electrons. The molecule has 0 radical (unpaired) electrons. The third kappa shape index (κ3) is 2.14. The Labute approximate surface area is 115 Å². The molecule has 0 unspecified atom stereocenters. The maximum Gasteiger partial charge on any atom is 0.244 e. The first-order valence-corrected chi connectivity index (χ1v) is 7.04. The molecule has 0 amide bonds. The van der Waals surface area contributed by atoms with E-state index in [9.17, 15) is 4.79 Å². The molecule has 0 N–H and O–H groups in total. The number of hydrogen-bond acceptors (Lipinski definition) is 6. The van der Waals surface area contributed by atoms with Crippen LogP contribution in [0.1, 0.15) is 26.7 Å². The number of nitrogens with zero attached hydrogens (tertiary/aromatic N) is 3. The molecule has 0 saturated heterocycles. The van der Waals surface area contributed by atoms with Gasteiger partial charge in [-0.2, -0.15) is 4.98 Å². The van der Waals surface area contributed by atoms with Crippen molar-refractivity contribution >= 4 is 28.9 Å². The zero-order valence-electron chi connectivity index (χ0n) is 11.1. The lowest BCUT2D eigenvalue weighted by Gasteiger charge is -2.35. The first kappa shape index (κ1) is 12.6. The quantitative estimate of drug-likeness (QED) is 0.738. The molecule has 1 saturated carbocycles. The smallest absolute Gasteiger partial charge is 0.244 e. The maximum absolute atomic E-state index is 12.2. The zero-order valence-corrected chi connectivity index (χ0v) is 12.0. The number of aromatic nitrogens is 2. The van der Waals surface area contributed by atoms with Gasteiger partial charge in [-0.05, 0) is 11.8 Å². The summed E-state index contributed by atoms with van der Waals surface area (Å²) in [6.07, 6.45) is 2.87. The van der Waals surface area contributed by atoms with E-state index in [-0.39, 0.29) is 16.4 Å². The number of hydrogen-bond donors (Lipinski definition) is 0. The lowest BCUT2D eigenvalue weighted by atomic mass is 9.75. The van der Waals surface area contributed by atoms with Gasteiger partial charge in [0.2, 0.25) is 5.88 Å². The Balaban J connectivity index is 2.08. The van der Waals surface area contributed by atoms with Crippen molar-refractivity contribution in [3.63, 3.8) is 0 Å². The highest BCUT2D eigenvalue weighted by Crippen LogP contribution is 2.46. The molecule has 1 atom stereocenters. The van der Waals surface area contributed by atoms with Gasteiger partial charge in [-0.25, -0.2) is 9.98 Å². The Hall–Kier alpha value is -1.43. The van der Waals surface area contributed by atoms with Crippen molar-refractivity contribution in [2.24, 2.45) is 10.4 Å². The van der Waals surface area contributed by atoms with Crippen LogP contribution in [0.3, 0.4) is 0 Å². The van der Waals surface area contributed by atoms with Crippen LogP contribution in [0, 0.1) is 5.41 Å². The van der Waals surface area contributed by atoms with Crippen LogP contribution in [-0.2, 0) is 4.79 Å². The lowest BCUT2D eigenvalue weighted by Crippen LogP contribution is -2.40. The second-order valence-electron chi connectivity index (χ2n) is 5.62. The molecule has 6 heteroatoms. The second kappa shape index (κ2) is 4.30. The third-order valence-corrected chi connectivity index (χ3v) is 4.63. The Morgan fingerprint density at radius 3 is 2.89 bits per heavy atom. The van der Waals surface area contributed by atoms with E-state index in [1.54, 1.807) is 7.11 Å². The van der Waals surface area contributed by atoms with E-state index in [0.29, 0.717) is 18.0 Å². The lowest BCUT2D eigenvalue weighted by molar-refractivity contribution is -0.120. The van der Waals surface area contributed by atoms with Gasteiger partial charge in [-0.15, -0.1) is 0 Å². The van der Waals surface area contributed by atoms with Gasteiger partial charge in [0.15, 0.2) is 11.5 Å². The standard InChI is InChI=1S/C13H15N3O2S/c1-13(2)4-7-10(8(17)5-13)19-12-9(16-7)11(18-3)14-6-15-12/h6,10H,4-5H2,1-3H3/t10-/m1/s1. The fraction of sp³-hybridized carbons (Fsp3) is 0.538. The van der Waals surface area contributed by atoms with Gasteiger partial charge in [0.1, 0.15) is 16.6 Å². The van der Waals surface area contributed by atoms with E-state index in [2.05, 4.69) is 28.8 Å². The molecule has 1 aromatic heterocycles. The van der Waals surface area contributed by atoms with Crippen molar-refractivity contribution in [1.29, 1.82) is 0 Å². The summed E-state index contributed by atoms with van der Waals surface area (Å²) in [4.78, 5) is 25.1. The monoisotopic (exact) mass is 277 g/mol. The molecule has 1 aliphatic carbocycles. The minimum absolute atomic E-state index is 0.0205. The number of ether oxygens (including phenoxy) is 1. The molecule has 2 aliphatic rings. The van der Waals surface area contributed by atoms with E-state index in [0.717, 1.165) is 17.2 Å². The van der Waals surface area contributed by atoms with Gasteiger partial charge < -0.3 is 4.74 Å². The van der Waals surface area contributed by atoms with Crippen LogP contribution in [0.25, 0.3) is 0 Å². The van der Waals surface area contributed by atoms with Crippen molar-refractivity contribution < 1.29 is 9.53 Å². The van der Waals surface area contributed by atoms with Crippen LogP contribution >= 0.6 is 11.8 Å². The predicted molar refractivity (Wildman–Crippen MR) is 73.3 cm³/mol. The molecule has 1 aliphatic heterocycles. The SMILES string of the molecule is COc1ncnc2c1N=C1CC(C)(C)CC(=O)[C@@H]1S2. The van der Waals surface area contributed by atoms with Crippen molar-refractivity contribution in [3.8, 4) is 5.88 Å². The van der Waals surface area contributed by atoms with E-state index >= 15 is 0 Å². The van der Waals surface area contributed by atoms with Gasteiger partial charge in [0, 0.05) is 12.1 Å². The highest BCUT2D eigenvalue weighted by atomic mass is 32.2. The normalized spacial score (nSPS) is 24.3. The molecular weight excluding hydrogens is 262 g/mol. The van der Waals surface area contributed by atoms with Gasteiger partial charge in [0.25, 0.3) is 0 Å². The fourth-order valence-corrected chi connectivity index (χ4v) is 3.62. The van der Waals surface area contributed by atoms with Crippen molar-refractivity contribution in [1.82, 2.24) is 9.97 Å². The van der Waals surface area contributed by atoms with Crippen LogP contribution in [0.4, 0.5) is 5.69 Å². The van der Waals surface area contributed by atoms with Crippen LogP contribution in [-0.4, -0.2) is 33.8 Å². The maximum atomic E-state index is 12.2. The highest BCUT2D eigenvalue weighted by molar-refractivity contribution is 8.01. The molecule has 1 aromatic rings. The first-order valence-electron chi connectivity index (χ1n) is 6.16. The molecule has 3 rings (SSSR count). The topological polar surface area (TPSA) is 64.4 Å². The second-order valence-corrected chi connectivity index (χ2v) is 6.72. The molecule has 0 aromatic carbocycles. The summed E-state index contributed by atoms with van der Waals surface area (Å²) in [6.45, 7) is 4.20. The minimum Gasteiger partial charge on any atom is -0.479 e. The summed E-state index contributed by atoms with van der Waals surface area (Å²) >= 11 is 1.47. The van der Waals surface area contributed by atoms with Gasteiger partial charge >= 0.3 is 0 Å². The Morgan fingerprint density at radius 2 is 2.16 bits per heavy atom. The molecule has 1 fully saturated rings. The van der Waals surface area contributed by atoms with E-state index < -0.39 is 0 Å². The number of carbonyl (C=O) groups is 1. The minimum atomic E-state index is -0.180. The summed E-state index contributed by atoms with van der Waals surface area (Å²) in [6, 6.07) is 0. The summed E-state index contributed by atoms with van der Waals surface area (Å²) in [5.74, 6) is 0.711. The van der Waals surface area contributed by atoms with E-state index in [4.69, 9.17) is 4.74 Å². The number of thioether (sulfide) groups is 1. The van der Waals surface area contributed by atoms with Crippen molar-refractivity contribution in [2.45, 2.75) is 37.0 Å². The predicted octanol–water partition coefficient (Wildman–Crippen LogP) is 2.42. The number of ketones is 1. The summed E-state index contributed by atoms with van der Waals surface area (Å²) in [5, 5.41) is 0.550. The largest absolute Gasteiger partial charge is 0.479 e. The summed E-state index contributed by atoms with van der Waals surface area (Å²) < 4.78 is 5.21. The molecule has 5 nitrogen and oxygen atoms in total. The summed E-state index contributed by atoms with van der Waals surface area (Å²) in [5.41, 5.74) is 1.56. The average molecular weight is 277 g/mol. The first-order chi connectivity index (χ1) is 9.00. The van der Waals surface area contributed by atoms with Crippen molar-refractivity contribution in [2.75, 3.05) is 7.11 Å². The highest BCUT2D eigenvalue weighted by Gasteiger charge is 2.41. The van der Waals surface area contributed by atoms with Crippen LogP contribution in [0.5, 0.6) is 5.88 Å². The summed E-state index contributed by atoms with van der Waals surface area (Å²) in [7, 11) is 1.56. The van der Waals surface area contributed by atoms with Gasteiger partial charge in [0.05, 0.1) is 7.11 Å². The van der Waals surface area contributed by atoms with E-state index in [1.807, 2.05) is 0 Å². The van der Waals surface area contributed by atoms with Crippen LogP contribution < -0.4 is 4.74 Å². The molecular formula is C13H15N3O2S. The fourth-order valence-electron chi connectivity index (χ4n) is 2.56. The number of fused-ring (bicyclic) bond motifs is 2. The van der Waals surface area contributed by atoms with Gasteiger partial charge in [-0.3, -0.25) is 4.79 Å². The zero-order chi connectivity index (χ0) is 13.6. The van der Waals surface area contributed by atoms with Crippen molar-refractivity contribution in [3.05, 3.63) is 6.33 Å². The number of carbonyl (C=O) groups excluding carboxylic acids is 1. The van der Waals surface area contributed by atoms with Crippen LogP contribution in [0.2, 0.25) is 0 Å². The Morgan fingerprint density at radius 1 is 1.37 bits per heavy atom.